The number of nitrogens with one attached hydrogen (secondary N) is 1. The van der Waals surface area contributed by atoms with E-state index in [0.717, 1.165) is 0 Å². The molecule has 2 amide bonds. The van der Waals surface area contributed by atoms with E-state index in [1.807, 2.05) is 5.43 Å². The number of carbonyl (C=O) groups excluding carboxylic acids is 1. The fourth-order valence-corrected chi connectivity index (χ4v) is 1.13. The first kappa shape index (κ1) is 13.7. The molecule has 18 heavy (non-hydrogen) atoms. The van der Waals surface area contributed by atoms with Gasteiger partial charge in [0.25, 0.3) is 0 Å². The van der Waals surface area contributed by atoms with Crippen molar-refractivity contribution in [1.29, 1.82) is 0 Å². The van der Waals surface area contributed by atoms with Crippen LogP contribution in [0.2, 0.25) is 0 Å². The second-order valence-corrected chi connectivity index (χ2v) is 3.02. The summed E-state index contributed by atoms with van der Waals surface area (Å²) < 4.78 is 33.3. The van der Waals surface area contributed by atoms with Crippen LogP contribution in [0.1, 0.15) is 5.56 Å². The van der Waals surface area contributed by atoms with E-state index in [4.69, 9.17) is 10.5 Å². The molecule has 0 aliphatic carbocycles. The molecule has 98 valence electrons. The monoisotopic (exact) mass is 259 g/mol. The van der Waals surface area contributed by atoms with Crippen LogP contribution < -0.4 is 20.6 Å². The van der Waals surface area contributed by atoms with Gasteiger partial charge in [0.2, 0.25) is 0 Å². The van der Waals surface area contributed by atoms with E-state index >= 15 is 0 Å². The molecule has 0 aliphatic heterocycles. The summed E-state index contributed by atoms with van der Waals surface area (Å²) in [5.74, 6) is 0.0332. The largest absolute Gasteiger partial charge is 0.493 e. The highest BCUT2D eigenvalue weighted by molar-refractivity contribution is 5.82. The molecule has 0 aromatic heterocycles. The molecule has 3 N–H and O–H groups in total. The van der Waals surface area contributed by atoms with Gasteiger partial charge in [0, 0.05) is 0 Å². The first-order chi connectivity index (χ1) is 8.52. The van der Waals surface area contributed by atoms with Gasteiger partial charge in [0.15, 0.2) is 11.5 Å². The second kappa shape index (κ2) is 6.38. The molecule has 0 spiro atoms. The van der Waals surface area contributed by atoms with Crippen molar-refractivity contribution in [2.45, 2.75) is 6.61 Å². The lowest BCUT2D eigenvalue weighted by Gasteiger charge is -2.09. The molecule has 0 aliphatic rings. The molecule has 0 fully saturated rings. The van der Waals surface area contributed by atoms with Crippen LogP contribution in [0.4, 0.5) is 13.6 Å². The molecule has 0 unspecified atom stereocenters. The maximum atomic E-state index is 12.1. The van der Waals surface area contributed by atoms with E-state index in [1.165, 1.54) is 31.5 Å². The van der Waals surface area contributed by atoms with Crippen molar-refractivity contribution in [3.8, 4) is 11.5 Å². The summed E-state index contributed by atoms with van der Waals surface area (Å²) in [5, 5.41) is 3.51. The smallest absolute Gasteiger partial charge is 0.387 e. The van der Waals surface area contributed by atoms with Gasteiger partial charge in [-0.15, -0.1) is 0 Å². The van der Waals surface area contributed by atoms with Crippen molar-refractivity contribution in [3.63, 3.8) is 0 Å². The number of nitrogens with two attached hydrogens (primary N) is 1. The van der Waals surface area contributed by atoms with E-state index in [9.17, 15) is 13.6 Å². The Morgan fingerprint density at radius 3 is 2.78 bits per heavy atom. The van der Waals surface area contributed by atoms with Crippen molar-refractivity contribution < 1.29 is 23.0 Å². The zero-order valence-electron chi connectivity index (χ0n) is 9.39. The number of halogens is 2. The molecule has 8 heteroatoms. The third kappa shape index (κ3) is 4.24. The van der Waals surface area contributed by atoms with E-state index in [1.54, 1.807) is 0 Å². The molecule has 1 rings (SSSR count). The molecule has 0 radical (unpaired) electrons. The van der Waals surface area contributed by atoms with Crippen molar-refractivity contribution in [2.24, 2.45) is 10.8 Å². The van der Waals surface area contributed by atoms with Crippen molar-refractivity contribution in [2.75, 3.05) is 7.11 Å². The minimum Gasteiger partial charge on any atom is -0.493 e. The Balaban J connectivity index is 2.84. The summed E-state index contributed by atoms with van der Waals surface area (Å²) in [5.41, 5.74) is 7.31. The molecule has 0 heterocycles. The van der Waals surface area contributed by atoms with Gasteiger partial charge in [-0.1, -0.05) is 0 Å². The lowest BCUT2D eigenvalue weighted by Crippen LogP contribution is -2.24. The summed E-state index contributed by atoms with van der Waals surface area (Å²) in [6, 6.07) is 3.38. The second-order valence-electron chi connectivity index (χ2n) is 3.02. The fourth-order valence-electron chi connectivity index (χ4n) is 1.13. The summed E-state index contributed by atoms with van der Waals surface area (Å²) in [6.07, 6.45) is 1.28. The molecule has 1 aromatic rings. The number of nitrogens with zero attached hydrogens (tertiary/aromatic N) is 1. The number of hydrazone groups is 1. The maximum absolute atomic E-state index is 12.1. The van der Waals surface area contributed by atoms with Gasteiger partial charge >= 0.3 is 12.6 Å². The molecule has 6 nitrogen and oxygen atoms in total. The van der Waals surface area contributed by atoms with Crippen LogP contribution in [-0.4, -0.2) is 26.0 Å². The van der Waals surface area contributed by atoms with Gasteiger partial charge < -0.3 is 15.2 Å². The highest BCUT2D eigenvalue weighted by Crippen LogP contribution is 2.28. The average Bonchev–Trinajstić information content (AvgIpc) is 2.29. The van der Waals surface area contributed by atoms with Gasteiger partial charge in [-0.2, -0.15) is 13.9 Å². The zero-order chi connectivity index (χ0) is 13.5. The molecule has 0 bridgehead atoms. The van der Waals surface area contributed by atoms with Crippen LogP contribution in [0.25, 0.3) is 0 Å². The summed E-state index contributed by atoms with van der Waals surface area (Å²) >= 11 is 0. The van der Waals surface area contributed by atoms with Gasteiger partial charge in [-0.3, -0.25) is 0 Å². The Bertz CT molecular complexity index is 452. The predicted molar refractivity (Wildman–Crippen MR) is 59.9 cm³/mol. The van der Waals surface area contributed by atoms with Crippen LogP contribution in [0, 0.1) is 0 Å². The van der Waals surface area contributed by atoms with Gasteiger partial charge in [-0.05, 0) is 23.8 Å². The first-order valence-electron chi connectivity index (χ1n) is 4.74. The number of hydrogen-bond acceptors (Lipinski definition) is 4. The SMILES string of the molecule is COc1cc(/C=N/NC(N)=O)ccc1OC(F)F. The predicted octanol–water partition coefficient (Wildman–Crippen LogP) is 1.30. The Kier molecular flexibility index (Phi) is 4.85. The maximum Gasteiger partial charge on any atom is 0.387 e. The number of rotatable bonds is 5. The number of hydrogen-bond donors (Lipinski definition) is 2. The molecule has 1 aromatic carbocycles. The standard InChI is InChI=1S/C10H11F2N3O3/c1-17-8-4-6(5-14-15-10(13)16)2-3-7(8)18-9(11)12/h2-5,9H,1H3,(H3,13,15,16)/b14-5+. The Hall–Kier alpha value is -2.38. The lowest BCUT2D eigenvalue weighted by molar-refractivity contribution is -0.0512. The lowest BCUT2D eigenvalue weighted by atomic mass is 10.2. The van der Waals surface area contributed by atoms with Crippen LogP contribution in [0.15, 0.2) is 23.3 Å². The Morgan fingerprint density at radius 1 is 1.50 bits per heavy atom. The van der Waals surface area contributed by atoms with Gasteiger partial charge in [-0.25, -0.2) is 10.2 Å². The minimum atomic E-state index is -2.94. The van der Waals surface area contributed by atoms with Gasteiger partial charge in [0.05, 0.1) is 13.3 Å². The Morgan fingerprint density at radius 2 is 2.22 bits per heavy atom. The van der Waals surface area contributed by atoms with E-state index in [-0.39, 0.29) is 11.5 Å². The van der Waals surface area contributed by atoms with Crippen LogP contribution >= 0.6 is 0 Å². The molecule has 0 saturated carbocycles. The number of amides is 2. The zero-order valence-corrected chi connectivity index (χ0v) is 9.39. The molecular formula is C10H11F2N3O3. The number of methoxy groups -OCH3 is 1. The highest BCUT2D eigenvalue weighted by atomic mass is 19.3. The van der Waals surface area contributed by atoms with Crippen molar-refractivity contribution in [3.05, 3.63) is 23.8 Å². The number of alkyl halides is 2. The molecular weight excluding hydrogens is 248 g/mol. The van der Waals surface area contributed by atoms with E-state index < -0.39 is 12.6 Å². The van der Waals surface area contributed by atoms with Crippen molar-refractivity contribution >= 4 is 12.2 Å². The highest BCUT2D eigenvalue weighted by Gasteiger charge is 2.10. The van der Waals surface area contributed by atoms with Crippen LogP contribution in [0.5, 0.6) is 11.5 Å². The summed E-state index contributed by atoms with van der Waals surface area (Å²) in [7, 11) is 1.32. The van der Waals surface area contributed by atoms with E-state index in [2.05, 4.69) is 9.84 Å². The molecule has 0 saturated heterocycles. The fraction of sp³-hybridized carbons (Fsp3) is 0.200. The summed E-state index contributed by atoms with van der Waals surface area (Å²) in [6.45, 7) is -2.94. The first-order valence-corrected chi connectivity index (χ1v) is 4.74. The number of ether oxygens (including phenoxy) is 2. The van der Waals surface area contributed by atoms with Crippen molar-refractivity contribution in [1.82, 2.24) is 5.43 Å². The average molecular weight is 259 g/mol. The van der Waals surface area contributed by atoms with Crippen LogP contribution in [-0.2, 0) is 0 Å². The molecule has 0 atom stereocenters. The van der Waals surface area contributed by atoms with Crippen LogP contribution in [0.3, 0.4) is 0 Å². The third-order valence-electron chi connectivity index (χ3n) is 1.79. The van der Waals surface area contributed by atoms with E-state index in [0.29, 0.717) is 5.56 Å². The topological polar surface area (TPSA) is 85.9 Å². The van der Waals surface area contributed by atoms with Gasteiger partial charge in [0.1, 0.15) is 0 Å². The number of benzene rings is 1. The third-order valence-corrected chi connectivity index (χ3v) is 1.79. The number of primary amides is 1. The number of urea groups is 1. The Labute approximate surface area is 101 Å². The summed E-state index contributed by atoms with van der Waals surface area (Å²) in [4.78, 5) is 10.4. The minimum absolute atomic E-state index is 0.0903. The number of carbonyl (C=O) groups is 1. The quantitative estimate of drug-likeness (QED) is 0.617. The normalized spacial score (nSPS) is 10.7.